The topological polar surface area (TPSA) is 78.6 Å². The lowest BCUT2D eigenvalue weighted by Gasteiger charge is -2.08. The van der Waals surface area contributed by atoms with Gasteiger partial charge in [-0.2, -0.15) is 0 Å². The number of hydrogen-bond donors (Lipinski definition) is 1. The van der Waals surface area contributed by atoms with Crippen molar-refractivity contribution in [2.75, 3.05) is 13.2 Å². The van der Waals surface area contributed by atoms with Crippen molar-refractivity contribution in [1.82, 2.24) is 0 Å². The van der Waals surface area contributed by atoms with E-state index in [4.69, 9.17) is 17.0 Å². The molecule has 0 aliphatic carbocycles. The minimum absolute atomic E-state index is 0.110. The molecule has 0 aromatic heterocycles. The summed E-state index contributed by atoms with van der Waals surface area (Å²) >= 11 is 5.14. The van der Waals surface area contributed by atoms with E-state index >= 15 is 0 Å². The van der Waals surface area contributed by atoms with E-state index in [0.29, 0.717) is 0 Å². The van der Waals surface area contributed by atoms with E-state index in [9.17, 15) is 9.36 Å². The van der Waals surface area contributed by atoms with Gasteiger partial charge >= 0.3 is 12.9 Å². The fourth-order valence-corrected chi connectivity index (χ4v) is 1.54. The molecule has 0 amide bonds. The van der Waals surface area contributed by atoms with Gasteiger partial charge in [-0.3, -0.25) is 9.32 Å². The van der Waals surface area contributed by atoms with Crippen molar-refractivity contribution < 1.29 is 18.4 Å². The minimum Gasteiger partial charge on any atom is -0.379 e. The zero-order valence-corrected chi connectivity index (χ0v) is 7.60. The fourth-order valence-electron chi connectivity index (χ4n) is 0.339. The van der Waals surface area contributed by atoms with Gasteiger partial charge in [-0.1, -0.05) is 0 Å². The van der Waals surface area contributed by atoms with Crippen LogP contribution in [0.5, 0.6) is 0 Å². The Morgan fingerprint density at radius 3 is 2.64 bits per heavy atom. The average molecular weight is 202 g/mol. The van der Waals surface area contributed by atoms with Gasteiger partial charge in [0.25, 0.3) is 0 Å². The molecule has 0 aromatic carbocycles. The molecular formula is C4H9ClNO4P. The fraction of sp³-hybridized carbons (Fsp3) is 0.750. The number of carbonyl (C=O) groups excluding carboxylic acids is 1. The highest BCUT2D eigenvalue weighted by Crippen LogP contribution is 2.53. The Labute approximate surface area is 69.1 Å². The second-order valence-corrected chi connectivity index (χ2v) is 4.06. The van der Waals surface area contributed by atoms with Crippen molar-refractivity contribution in [2.45, 2.75) is 6.92 Å². The normalized spacial score (nSPS) is 15.5. The Balaban J connectivity index is 3.91. The van der Waals surface area contributed by atoms with Gasteiger partial charge in [-0.05, 0) is 6.92 Å². The van der Waals surface area contributed by atoms with Crippen molar-refractivity contribution in [3.63, 3.8) is 0 Å². The number of hydrogen-bond acceptors (Lipinski definition) is 5. The minimum atomic E-state index is -3.72. The van der Waals surface area contributed by atoms with Gasteiger partial charge in [-0.25, -0.2) is 4.57 Å². The zero-order chi connectivity index (χ0) is 8.91. The van der Waals surface area contributed by atoms with E-state index in [0.717, 1.165) is 0 Å². The van der Waals surface area contributed by atoms with Crippen molar-refractivity contribution in [2.24, 2.45) is 5.73 Å². The van der Waals surface area contributed by atoms with E-state index in [1.165, 1.54) is 0 Å². The third kappa shape index (κ3) is 5.21. The molecule has 0 aliphatic heterocycles. The summed E-state index contributed by atoms with van der Waals surface area (Å²) in [7, 11) is 0. The Hall–Kier alpha value is -0.0900. The highest BCUT2D eigenvalue weighted by Gasteiger charge is 2.23. The van der Waals surface area contributed by atoms with Crippen LogP contribution in [0.25, 0.3) is 0 Å². The summed E-state index contributed by atoms with van der Waals surface area (Å²) in [6.07, 6.45) is 0. The van der Waals surface area contributed by atoms with Gasteiger partial charge in [0.05, 0.1) is 13.2 Å². The standard InChI is InChI=1S/C4H9ClNO4P/c1-2-9-11(5,8)10-4(7)3-6/h2-3,6H2,1H3. The van der Waals surface area contributed by atoms with Gasteiger partial charge in [0.2, 0.25) is 0 Å². The molecule has 0 heterocycles. The van der Waals surface area contributed by atoms with Crippen molar-refractivity contribution in [3.05, 3.63) is 0 Å². The lowest BCUT2D eigenvalue weighted by Crippen LogP contribution is -2.15. The molecule has 2 N–H and O–H groups in total. The zero-order valence-electron chi connectivity index (χ0n) is 5.95. The maximum atomic E-state index is 10.8. The maximum Gasteiger partial charge on any atom is 0.478 e. The summed E-state index contributed by atoms with van der Waals surface area (Å²) in [6, 6.07) is 0. The van der Waals surface area contributed by atoms with Crippen molar-refractivity contribution >= 4 is 24.2 Å². The van der Waals surface area contributed by atoms with Crippen LogP contribution < -0.4 is 5.73 Å². The molecule has 0 saturated carbocycles. The smallest absolute Gasteiger partial charge is 0.379 e. The van der Waals surface area contributed by atoms with Crippen LogP contribution in [0, 0.1) is 0 Å². The van der Waals surface area contributed by atoms with Gasteiger partial charge in [0.1, 0.15) is 0 Å². The van der Waals surface area contributed by atoms with Crippen molar-refractivity contribution in [1.29, 1.82) is 0 Å². The summed E-state index contributed by atoms with van der Waals surface area (Å²) in [5, 5.41) is 0. The lowest BCUT2D eigenvalue weighted by molar-refractivity contribution is -0.133. The molecule has 0 aliphatic rings. The molecule has 0 aromatic rings. The van der Waals surface area contributed by atoms with Crippen LogP contribution in [0.1, 0.15) is 6.92 Å². The third-order valence-corrected chi connectivity index (χ3v) is 2.15. The first-order valence-corrected chi connectivity index (χ1v) is 5.33. The van der Waals surface area contributed by atoms with Crippen LogP contribution in [-0.4, -0.2) is 19.1 Å². The van der Waals surface area contributed by atoms with Crippen LogP contribution in [0.15, 0.2) is 0 Å². The molecular weight excluding hydrogens is 192 g/mol. The van der Waals surface area contributed by atoms with Gasteiger partial charge in [0.15, 0.2) is 0 Å². The van der Waals surface area contributed by atoms with Crippen LogP contribution >= 0.6 is 18.2 Å². The molecule has 1 unspecified atom stereocenters. The molecule has 0 rings (SSSR count). The molecule has 1 atom stereocenters. The highest BCUT2D eigenvalue weighted by atomic mass is 35.7. The molecule has 5 nitrogen and oxygen atoms in total. The van der Waals surface area contributed by atoms with Gasteiger partial charge in [-0.15, -0.1) is 0 Å². The van der Waals surface area contributed by atoms with E-state index in [2.05, 4.69) is 9.05 Å². The molecule has 11 heavy (non-hydrogen) atoms. The number of nitrogens with two attached hydrogens (primary N) is 1. The maximum absolute atomic E-state index is 10.8. The lowest BCUT2D eigenvalue weighted by atomic mass is 10.7. The van der Waals surface area contributed by atoms with E-state index in [1.807, 2.05) is 0 Å². The first-order valence-electron chi connectivity index (χ1n) is 2.88. The first-order chi connectivity index (χ1) is 5.02. The molecule has 0 fully saturated rings. The Bertz CT molecular complexity index is 185. The summed E-state index contributed by atoms with van der Waals surface area (Å²) in [5.41, 5.74) is 4.87. The highest BCUT2D eigenvalue weighted by molar-refractivity contribution is 7.81. The monoisotopic (exact) mass is 201 g/mol. The predicted octanol–water partition coefficient (Wildman–Crippen LogP) is 0.872. The predicted molar refractivity (Wildman–Crippen MR) is 40.2 cm³/mol. The van der Waals surface area contributed by atoms with Crippen LogP contribution in [0.3, 0.4) is 0 Å². The van der Waals surface area contributed by atoms with E-state index in [-0.39, 0.29) is 13.2 Å². The summed E-state index contributed by atoms with van der Waals surface area (Å²) in [5.74, 6) is -0.850. The summed E-state index contributed by atoms with van der Waals surface area (Å²) in [6.45, 7) is -2.41. The Kier molecular flexibility index (Phi) is 4.68. The molecule has 0 bridgehead atoms. The molecule has 0 spiro atoms. The third-order valence-electron chi connectivity index (χ3n) is 0.661. The second kappa shape index (κ2) is 4.72. The summed E-state index contributed by atoms with van der Waals surface area (Å²) in [4.78, 5) is 10.4. The van der Waals surface area contributed by atoms with Crippen LogP contribution in [-0.2, 0) is 18.4 Å². The second-order valence-electron chi connectivity index (χ2n) is 1.52. The van der Waals surface area contributed by atoms with E-state index in [1.54, 1.807) is 6.92 Å². The van der Waals surface area contributed by atoms with Gasteiger partial charge < -0.3 is 10.3 Å². The largest absolute Gasteiger partial charge is 0.478 e. The summed E-state index contributed by atoms with van der Waals surface area (Å²) < 4.78 is 19.4. The number of halogens is 1. The first kappa shape index (κ1) is 10.9. The quantitative estimate of drug-likeness (QED) is 0.683. The Morgan fingerprint density at radius 1 is 1.73 bits per heavy atom. The molecule has 0 radical (unpaired) electrons. The molecule has 7 heteroatoms. The van der Waals surface area contributed by atoms with Crippen molar-refractivity contribution in [3.8, 4) is 0 Å². The molecule has 66 valence electrons. The number of carbonyl (C=O) groups is 1. The SMILES string of the molecule is CCOP(=O)(Cl)OC(=O)CN. The number of rotatable bonds is 4. The molecule has 0 saturated heterocycles. The van der Waals surface area contributed by atoms with E-state index < -0.39 is 12.9 Å². The van der Waals surface area contributed by atoms with Crippen LogP contribution in [0.2, 0.25) is 0 Å². The van der Waals surface area contributed by atoms with Crippen LogP contribution in [0.4, 0.5) is 0 Å². The Morgan fingerprint density at radius 2 is 2.27 bits per heavy atom. The van der Waals surface area contributed by atoms with Gasteiger partial charge in [0, 0.05) is 11.2 Å². The average Bonchev–Trinajstić information content (AvgIpc) is 1.86.